The molecule has 8 heteroatoms. The lowest BCUT2D eigenvalue weighted by atomic mass is 10.1. The molecule has 1 saturated heterocycles. The number of hydrogen-bond donors (Lipinski definition) is 1. The minimum absolute atomic E-state index is 0.100. The smallest absolute Gasteiger partial charge is 0.274 e. The van der Waals surface area contributed by atoms with E-state index in [4.69, 9.17) is 0 Å². The van der Waals surface area contributed by atoms with Crippen molar-refractivity contribution in [2.45, 2.75) is 33.2 Å². The lowest BCUT2D eigenvalue weighted by Crippen LogP contribution is -2.37. The lowest BCUT2D eigenvalue weighted by Gasteiger charge is -2.26. The van der Waals surface area contributed by atoms with Crippen LogP contribution in [-0.2, 0) is 9.84 Å². The predicted molar refractivity (Wildman–Crippen MR) is 106 cm³/mol. The quantitative estimate of drug-likeness (QED) is 0.845. The van der Waals surface area contributed by atoms with Gasteiger partial charge in [0.1, 0.15) is 5.69 Å². The topological polar surface area (TPSA) is 92.3 Å². The van der Waals surface area contributed by atoms with E-state index in [0.29, 0.717) is 18.9 Å². The van der Waals surface area contributed by atoms with Crippen LogP contribution in [0, 0.1) is 13.8 Å². The van der Waals surface area contributed by atoms with E-state index < -0.39 is 9.84 Å². The minimum atomic E-state index is -3.01. The predicted octanol–water partition coefficient (Wildman–Crippen LogP) is 2.36. The van der Waals surface area contributed by atoms with Crippen LogP contribution in [0.5, 0.6) is 0 Å². The summed E-state index contributed by atoms with van der Waals surface area (Å²) in [6.45, 7) is 6.39. The normalized spacial score (nSPS) is 18.3. The Morgan fingerprint density at radius 2 is 2.07 bits per heavy atom. The second-order valence-corrected chi connectivity index (χ2v) is 9.09. The van der Waals surface area contributed by atoms with Crippen molar-refractivity contribution in [1.29, 1.82) is 0 Å². The van der Waals surface area contributed by atoms with Gasteiger partial charge in [0.15, 0.2) is 9.84 Å². The van der Waals surface area contributed by atoms with Gasteiger partial charge >= 0.3 is 0 Å². The maximum absolute atomic E-state index is 12.6. The molecule has 0 spiro atoms. The van der Waals surface area contributed by atoms with Crippen LogP contribution in [0.3, 0.4) is 0 Å². The first-order valence-electron chi connectivity index (χ1n) is 8.98. The summed E-state index contributed by atoms with van der Waals surface area (Å²) in [7, 11) is -3.01. The van der Waals surface area contributed by atoms with Crippen LogP contribution >= 0.6 is 0 Å². The number of hydrogen-bond acceptors (Lipinski definition) is 6. The maximum atomic E-state index is 12.6. The summed E-state index contributed by atoms with van der Waals surface area (Å²) in [5, 5.41) is 2.89. The number of carbonyl (C=O) groups is 1. The Morgan fingerprint density at radius 1 is 1.30 bits per heavy atom. The summed E-state index contributed by atoms with van der Waals surface area (Å²) in [4.78, 5) is 23.2. The standard InChI is InChI=1S/C19H24N4O3S/c1-4-23(15-8-10-27(25,26)12-15)19-20-9-7-16(22-19)18(24)21-17-11-13(2)5-6-14(17)3/h5-7,9,11,15H,4,8,10,12H2,1-3H3,(H,21,24). The van der Waals surface area contributed by atoms with Gasteiger partial charge in [-0.15, -0.1) is 0 Å². The van der Waals surface area contributed by atoms with Gasteiger partial charge in [0.2, 0.25) is 5.95 Å². The van der Waals surface area contributed by atoms with Crippen LogP contribution in [0.4, 0.5) is 11.6 Å². The molecule has 0 radical (unpaired) electrons. The number of nitrogens with zero attached hydrogens (tertiary/aromatic N) is 3. The molecule has 1 aliphatic rings. The maximum Gasteiger partial charge on any atom is 0.274 e. The van der Waals surface area contributed by atoms with Crippen molar-refractivity contribution >= 4 is 27.4 Å². The highest BCUT2D eigenvalue weighted by Gasteiger charge is 2.33. The molecule has 1 aromatic carbocycles. The highest BCUT2D eigenvalue weighted by atomic mass is 32.2. The zero-order chi connectivity index (χ0) is 19.6. The molecule has 0 aliphatic carbocycles. The first-order valence-corrected chi connectivity index (χ1v) is 10.8. The summed E-state index contributed by atoms with van der Waals surface area (Å²) in [6.07, 6.45) is 2.09. The molecular formula is C19H24N4O3S. The van der Waals surface area contributed by atoms with Crippen LogP contribution < -0.4 is 10.2 Å². The van der Waals surface area contributed by atoms with Crippen LogP contribution in [0.1, 0.15) is 35.0 Å². The van der Waals surface area contributed by atoms with E-state index in [-0.39, 0.29) is 29.1 Å². The van der Waals surface area contributed by atoms with Gasteiger partial charge in [0.05, 0.1) is 11.5 Å². The fourth-order valence-corrected chi connectivity index (χ4v) is 4.98. The van der Waals surface area contributed by atoms with Gasteiger partial charge in [0.25, 0.3) is 5.91 Å². The van der Waals surface area contributed by atoms with Crippen molar-refractivity contribution in [3.05, 3.63) is 47.3 Å². The number of benzene rings is 1. The van der Waals surface area contributed by atoms with E-state index >= 15 is 0 Å². The lowest BCUT2D eigenvalue weighted by molar-refractivity contribution is 0.102. The van der Waals surface area contributed by atoms with E-state index in [9.17, 15) is 13.2 Å². The van der Waals surface area contributed by atoms with E-state index in [2.05, 4.69) is 15.3 Å². The summed E-state index contributed by atoms with van der Waals surface area (Å²) >= 11 is 0. The van der Waals surface area contributed by atoms with E-state index in [1.807, 2.05) is 43.9 Å². The number of carbonyl (C=O) groups excluding carboxylic acids is 1. The van der Waals surface area contributed by atoms with E-state index in [1.165, 1.54) is 6.20 Å². The number of nitrogens with one attached hydrogen (secondary N) is 1. The Bertz CT molecular complexity index is 959. The minimum Gasteiger partial charge on any atom is -0.337 e. The molecule has 1 fully saturated rings. The zero-order valence-corrected chi connectivity index (χ0v) is 16.6. The molecule has 2 aromatic rings. The molecule has 0 bridgehead atoms. The van der Waals surface area contributed by atoms with E-state index in [1.54, 1.807) is 6.07 Å². The molecular weight excluding hydrogens is 364 g/mol. The first kappa shape index (κ1) is 19.3. The SMILES string of the molecule is CCN(c1nccc(C(=O)Nc2cc(C)ccc2C)n1)C1CCS(=O)(=O)C1. The van der Waals surface area contributed by atoms with Gasteiger partial charge in [-0.2, -0.15) is 0 Å². The van der Waals surface area contributed by atoms with Crippen molar-refractivity contribution in [3.8, 4) is 0 Å². The Hall–Kier alpha value is -2.48. The van der Waals surface area contributed by atoms with Crippen LogP contribution in [0.25, 0.3) is 0 Å². The average molecular weight is 388 g/mol. The van der Waals surface area contributed by atoms with Gasteiger partial charge in [-0.1, -0.05) is 12.1 Å². The summed E-state index contributed by atoms with van der Waals surface area (Å²) in [5.74, 6) is 0.347. The van der Waals surface area contributed by atoms with Crippen molar-refractivity contribution in [3.63, 3.8) is 0 Å². The molecule has 0 saturated carbocycles. The van der Waals surface area contributed by atoms with Gasteiger partial charge < -0.3 is 10.2 Å². The average Bonchev–Trinajstić information content (AvgIpc) is 2.98. The van der Waals surface area contributed by atoms with Crippen molar-refractivity contribution < 1.29 is 13.2 Å². The van der Waals surface area contributed by atoms with Gasteiger partial charge in [-0.25, -0.2) is 18.4 Å². The van der Waals surface area contributed by atoms with Crippen molar-refractivity contribution in [1.82, 2.24) is 9.97 Å². The Balaban J connectivity index is 1.82. The van der Waals surface area contributed by atoms with Crippen molar-refractivity contribution in [2.24, 2.45) is 0 Å². The molecule has 144 valence electrons. The third-order valence-corrected chi connectivity index (χ3v) is 6.51. The number of sulfone groups is 1. The molecule has 3 rings (SSSR count). The molecule has 1 amide bonds. The second kappa shape index (κ2) is 7.64. The monoisotopic (exact) mass is 388 g/mol. The highest BCUT2D eigenvalue weighted by Crippen LogP contribution is 2.22. The van der Waals surface area contributed by atoms with Crippen LogP contribution in [0.2, 0.25) is 0 Å². The van der Waals surface area contributed by atoms with E-state index in [0.717, 1.165) is 16.8 Å². The largest absolute Gasteiger partial charge is 0.337 e. The molecule has 1 N–H and O–H groups in total. The number of aryl methyl sites for hydroxylation is 2. The Morgan fingerprint density at radius 3 is 2.74 bits per heavy atom. The Labute approximate surface area is 159 Å². The molecule has 1 atom stereocenters. The summed E-state index contributed by atoms with van der Waals surface area (Å²) in [5.41, 5.74) is 3.02. The first-order chi connectivity index (χ1) is 12.8. The van der Waals surface area contributed by atoms with Crippen molar-refractivity contribution in [2.75, 3.05) is 28.3 Å². The molecule has 2 heterocycles. The zero-order valence-electron chi connectivity index (χ0n) is 15.8. The summed E-state index contributed by atoms with van der Waals surface area (Å²) in [6, 6.07) is 7.26. The molecule has 1 aliphatic heterocycles. The van der Waals surface area contributed by atoms with Crippen LogP contribution in [-0.4, -0.2) is 48.4 Å². The molecule has 7 nitrogen and oxygen atoms in total. The summed E-state index contributed by atoms with van der Waals surface area (Å²) < 4.78 is 23.6. The van der Waals surface area contributed by atoms with Gasteiger partial charge in [0, 0.05) is 24.5 Å². The second-order valence-electron chi connectivity index (χ2n) is 6.86. The fraction of sp³-hybridized carbons (Fsp3) is 0.421. The van der Waals surface area contributed by atoms with Gasteiger partial charge in [-0.3, -0.25) is 4.79 Å². The number of rotatable bonds is 5. The highest BCUT2D eigenvalue weighted by molar-refractivity contribution is 7.91. The number of amides is 1. The molecule has 27 heavy (non-hydrogen) atoms. The third kappa shape index (κ3) is 4.44. The number of aromatic nitrogens is 2. The third-order valence-electron chi connectivity index (χ3n) is 4.76. The molecule has 1 unspecified atom stereocenters. The van der Waals surface area contributed by atoms with Crippen LogP contribution in [0.15, 0.2) is 30.5 Å². The molecule has 1 aromatic heterocycles. The number of anilines is 2. The van der Waals surface area contributed by atoms with Gasteiger partial charge in [-0.05, 0) is 50.5 Å². The fourth-order valence-electron chi connectivity index (χ4n) is 3.25. The Kier molecular flexibility index (Phi) is 5.46.